The maximum Gasteiger partial charge on any atom is 0.242 e. The van der Waals surface area contributed by atoms with Gasteiger partial charge in [-0.15, -0.1) is 10.2 Å². The number of halogens is 4. The SMILES string of the molecule is Fc1ccc(C2CCCCn3nc(N[C@@H]4[C@@H]5CC[C@H]4CN(c4cnnc(Cl)c4)C5)nc32)c(F)c1F. The lowest BCUT2D eigenvalue weighted by Gasteiger charge is -2.39. The fraction of sp³-hybridized carbons (Fsp3) is 0.500. The molecule has 3 aromatic rings. The minimum atomic E-state index is -1.44. The molecular formula is C24H25ClF3N7. The van der Waals surface area contributed by atoms with Crippen LogP contribution in [0.1, 0.15) is 49.4 Å². The standard InChI is InChI=1S/C24H25ClF3N7/c25-19-9-15(10-29-32-19)34-11-13-4-5-14(12-34)22(13)30-24-31-23-17(3-1-2-8-35(23)33-24)16-6-7-18(26)21(28)20(16)27/h6-7,9-10,13-14,17,22H,1-5,8,11-12H2,(H,30,33)/t13-,14+,17?,22-. The molecule has 1 unspecified atom stereocenters. The predicted molar refractivity (Wildman–Crippen MR) is 125 cm³/mol. The van der Waals surface area contributed by atoms with E-state index in [1.54, 1.807) is 10.9 Å². The average molecular weight is 504 g/mol. The molecule has 3 aliphatic rings. The van der Waals surface area contributed by atoms with Gasteiger partial charge in [0, 0.05) is 43.2 Å². The molecule has 4 heterocycles. The van der Waals surface area contributed by atoms with Crippen LogP contribution in [0.25, 0.3) is 0 Å². The van der Waals surface area contributed by atoms with E-state index >= 15 is 0 Å². The van der Waals surface area contributed by atoms with Gasteiger partial charge in [-0.1, -0.05) is 24.1 Å². The molecule has 1 aliphatic carbocycles. The van der Waals surface area contributed by atoms with Crippen LogP contribution in [0.2, 0.25) is 5.15 Å². The van der Waals surface area contributed by atoms with Crippen LogP contribution < -0.4 is 10.2 Å². The number of fused-ring (bicyclic) bond motifs is 3. The Morgan fingerprint density at radius 3 is 2.57 bits per heavy atom. The van der Waals surface area contributed by atoms with Crippen LogP contribution in [-0.2, 0) is 6.54 Å². The number of hydrogen-bond donors (Lipinski definition) is 1. The van der Waals surface area contributed by atoms with E-state index < -0.39 is 23.4 Å². The van der Waals surface area contributed by atoms with Gasteiger partial charge in [-0.3, -0.25) is 0 Å². The van der Waals surface area contributed by atoms with Gasteiger partial charge in [-0.05, 0) is 43.6 Å². The quantitative estimate of drug-likeness (QED) is 0.517. The first kappa shape index (κ1) is 22.6. The summed E-state index contributed by atoms with van der Waals surface area (Å²) in [5.74, 6) is -2.32. The van der Waals surface area contributed by atoms with Crippen molar-refractivity contribution in [2.24, 2.45) is 11.8 Å². The second-order valence-corrected chi connectivity index (χ2v) is 10.1. The Morgan fingerprint density at radius 1 is 1.00 bits per heavy atom. The van der Waals surface area contributed by atoms with Crippen molar-refractivity contribution < 1.29 is 13.2 Å². The van der Waals surface area contributed by atoms with Crippen molar-refractivity contribution >= 4 is 23.2 Å². The first-order valence-corrected chi connectivity index (χ1v) is 12.4. The number of rotatable bonds is 4. The highest BCUT2D eigenvalue weighted by Gasteiger charge is 2.43. The third kappa shape index (κ3) is 4.11. The Bertz CT molecular complexity index is 1240. The van der Waals surface area contributed by atoms with Crippen molar-refractivity contribution in [3.05, 3.63) is 58.4 Å². The van der Waals surface area contributed by atoms with Crippen molar-refractivity contribution in [2.45, 2.75) is 50.6 Å². The molecule has 2 bridgehead atoms. The van der Waals surface area contributed by atoms with Gasteiger partial charge in [-0.2, -0.15) is 10.1 Å². The zero-order chi connectivity index (χ0) is 24.1. The molecule has 1 N–H and O–H groups in total. The summed E-state index contributed by atoms with van der Waals surface area (Å²) in [6, 6.07) is 4.37. The lowest BCUT2D eigenvalue weighted by molar-refractivity contribution is 0.376. The average Bonchev–Trinajstić information content (AvgIpc) is 3.25. The van der Waals surface area contributed by atoms with Crippen LogP contribution in [-0.4, -0.2) is 44.1 Å². The molecule has 2 aromatic heterocycles. The van der Waals surface area contributed by atoms with Crippen LogP contribution in [0.5, 0.6) is 0 Å². The first-order chi connectivity index (χ1) is 17.0. The van der Waals surface area contributed by atoms with E-state index in [-0.39, 0.29) is 11.6 Å². The van der Waals surface area contributed by atoms with E-state index in [0.29, 0.717) is 41.7 Å². The number of benzene rings is 1. The van der Waals surface area contributed by atoms with E-state index in [9.17, 15) is 13.2 Å². The number of piperidine rings is 1. The van der Waals surface area contributed by atoms with E-state index in [0.717, 1.165) is 50.5 Å². The van der Waals surface area contributed by atoms with Gasteiger partial charge >= 0.3 is 0 Å². The molecule has 0 radical (unpaired) electrons. The third-order valence-corrected chi connectivity index (χ3v) is 7.85. The van der Waals surface area contributed by atoms with Crippen LogP contribution >= 0.6 is 11.6 Å². The van der Waals surface area contributed by atoms with Gasteiger partial charge in [0.1, 0.15) is 5.82 Å². The van der Waals surface area contributed by atoms with Gasteiger partial charge in [0.25, 0.3) is 0 Å². The molecular weight excluding hydrogens is 479 g/mol. The zero-order valence-electron chi connectivity index (χ0n) is 19.0. The van der Waals surface area contributed by atoms with Gasteiger partial charge in [-0.25, -0.2) is 17.9 Å². The Balaban J connectivity index is 1.24. The van der Waals surface area contributed by atoms with Crippen molar-refractivity contribution in [1.82, 2.24) is 25.0 Å². The second kappa shape index (κ2) is 8.96. The van der Waals surface area contributed by atoms with Gasteiger partial charge < -0.3 is 10.2 Å². The Labute approximate surface area is 205 Å². The fourth-order valence-corrected chi connectivity index (χ4v) is 6.16. The number of hydrogen-bond acceptors (Lipinski definition) is 6. The molecule has 1 saturated carbocycles. The van der Waals surface area contributed by atoms with Gasteiger partial charge in [0.15, 0.2) is 22.6 Å². The van der Waals surface area contributed by atoms with E-state index in [4.69, 9.17) is 21.7 Å². The van der Waals surface area contributed by atoms with E-state index in [1.807, 2.05) is 6.07 Å². The maximum absolute atomic E-state index is 14.7. The highest BCUT2D eigenvalue weighted by molar-refractivity contribution is 6.29. The van der Waals surface area contributed by atoms with Crippen molar-refractivity contribution in [1.29, 1.82) is 0 Å². The monoisotopic (exact) mass is 503 g/mol. The first-order valence-electron chi connectivity index (χ1n) is 12.1. The molecule has 2 fully saturated rings. The summed E-state index contributed by atoms with van der Waals surface area (Å²) in [6.45, 7) is 2.39. The maximum atomic E-state index is 14.7. The summed E-state index contributed by atoms with van der Waals surface area (Å²) in [7, 11) is 0. The molecule has 35 heavy (non-hydrogen) atoms. The molecule has 4 atom stereocenters. The van der Waals surface area contributed by atoms with E-state index in [2.05, 4.69) is 20.4 Å². The number of aromatic nitrogens is 5. The molecule has 0 amide bonds. The fourth-order valence-electron chi connectivity index (χ4n) is 6.00. The van der Waals surface area contributed by atoms with Gasteiger partial charge in [0.2, 0.25) is 5.95 Å². The highest BCUT2D eigenvalue weighted by atomic mass is 35.5. The Morgan fingerprint density at radius 2 is 1.80 bits per heavy atom. The summed E-state index contributed by atoms with van der Waals surface area (Å²) < 4.78 is 44.0. The number of nitrogens with zero attached hydrogens (tertiary/aromatic N) is 6. The zero-order valence-corrected chi connectivity index (χ0v) is 19.7. The Hall–Kier alpha value is -2.88. The molecule has 184 valence electrons. The van der Waals surface area contributed by atoms with Crippen LogP contribution in [0.3, 0.4) is 0 Å². The molecule has 7 nitrogen and oxygen atoms in total. The lowest BCUT2D eigenvalue weighted by Crippen LogP contribution is -2.48. The van der Waals surface area contributed by atoms with Crippen LogP contribution in [0, 0.1) is 29.3 Å². The summed E-state index contributed by atoms with van der Waals surface area (Å²) in [5.41, 5.74) is 1.10. The smallest absolute Gasteiger partial charge is 0.242 e. The van der Waals surface area contributed by atoms with Crippen LogP contribution in [0.15, 0.2) is 24.4 Å². The summed E-state index contributed by atoms with van der Waals surface area (Å²) in [4.78, 5) is 7.05. The number of anilines is 2. The molecule has 1 aromatic carbocycles. The van der Waals surface area contributed by atoms with E-state index in [1.165, 1.54) is 6.07 Å². The highest BCUT2D eigenvalue weighted by Crippen LogP contribution is 2.41. The Kier molecular flexibility index (Phi) is 5.78. The number of aryl methyl sites for hydroxylation is 1. The van der Waals surface area contributed by atoms with Crippen molar-refractivity contribution in [3.8, 4) is 0 Å². The lowest BCUT2D eigenvalue weighted by atomic mass is 9.92. The number of nitrogens with one attached hydrogen (secondary N) is 1. The summed E-state index contributed by atoms with van der Waals surface area (Å²) in [6.07, 6.45) is 6.23. The third-order valence-electron chi connectivity index (χ3n) is 7.67. The summed E-state index contributed by atoms with van der Waals surface area (Å²) in [5, 5.41) is 16.4. The minimum Gasteiger partial charge on any atom is -0.369 e. The molecule has 11 heteroatoms. The minimum absolute atomic E-state index is 0.129. The van der Waals surface area contributed by atoms with Crippen molar-refractivity contribution in [3.63, 3.8) is 0 Å². The van der Waals surface area contributed by atoms with Crippen molar-refractivity contribution in [2.75, 3.05) is 23.3 Å². The summed E-state index contributed by atoms with van der Waals surface area (Å²) >= 11 is 6.04. The predicted octanol–water partition coefficient (Wildman–Crippen LogP) is 4.78. The van der Waals surface area contributed by atoms with Crippen LogP contribution in [0.4, 0.5) is 24.8 Å². The molecule has 0 spiro atoms. The second-order valence-electron chi connectivity index (χ2n) is 9.74. The molecule has 6 rings (SSSR count). The molecule has 1 saturated heterocycles. The topological polar surface area (TPSA) is 71.8 Å². The largest absolute Gasteiger partial charge is 0.369 e. The van der Waals surface area contributed by atoms with Gasteiger partial charge in [0.05, 0.1) is 11.9 Å². The normalized spacial score (nSPS) is 25.9. The molecule has 2 aliphatic heterocycles.